The van der Waals surface area contributed by atoms with Crippen LogP contribution in [-0.2, 0) is 4.79 Å². The number of hydrogen-bond donors (Lipinski definition) is 2. The summed E-state index contributed by atoms with van der Waals surface area (Å²) in [6.07, 6.45) is 6.80. The van der Waals surface area contributed by atoms with E-state index in [-0.39, 0.29) is 11.0 Å². The molecule has 2 aromatic carbocycles. The average molecular weight is 446 g/mol. The Balaban J connectivity index is 1.28. The van der Waals surface area contributed by atoms with Crippen LogP contribution in [0.1, 0.15) is 31.9 Å². The number of carbonyl (C=O) groups excluding carboxylic acids is 1. The number of piperidine rings is 1. The van der Waals surface area contributed by atoms with Gasteiger partial charge in [0.1, 0.15) is 11.5 Å². The first-order valence-electron chi connectivity index (χ1n) is 10.9. The Morgan fingerprint density at radius 3 is 2.59 bits per heavy atom. The van der Waals surface area contributed by atoms with Crippen LogP contribution >= 0.6 is 12.2 Å². The smallest absolute Gasteiger partial charge is 0.250 e. The number of rotatable bonds is 5. The van der Waals surface area contributed by atoms with Crippen LogP contribution in [0.4, 0.5) is 11.4 Å². The largest absolute Gasteiger partial charge is 0.457 e. The van der Waals surface area contributed by atoms with Gasteiger partial charge in [0.05, 0.1) is 0 Å². The minimum absolute atomic E-state index is 0.253. The number of amides is 1. The van der Waals surface area contributed by atoms with Crippen LogP contribution in [0.15, 0.2) is 77.2 Å². The van der Waals surface area contributed by atoms with Gasteiger partial charge in [0.2, 0.25) is 5.91 Å². The van der Waals surface area contributed by atoms with Gasteiger partial charge in [-0.15, -0.1) is 0 Å². The van der Waals surface area contributed by atoms with E-state index in [9.17, 15) is 4.79 Å². The van der Waals surface area contributed by atoms with Gasteiger partial charge in [-0.2, -0.15) is 0 Å². The molecule has 1 fully saturated rings. The minimum Gasteiger partial charge on any atom is -0.457 e. The Labute approximate surface area is 194 Å². The van der Waals surface area contributed by atoms with E-state index in [4.69, 9.17) is 16.6 Å². The van der Waals surface area contributed by atoms with Crippen molar-refractivity contribution in [1.29, 1.82) is 0 Å². The Morgan fingerprint density at radius 2 is 1.84 bits per heavy atom. The Morgan fingerprint density at radius 1 is 1.06 bits per heavy atom. The normalized spacial score (nSPS) is 16.2. The fourth-order valence-electron chi connectivity index (χ4n) is 3.89. The monoisotopic (exact) mass is 445 g/mol. The molecular weight excluding hydrogens is 418 g/mol. The van der Waals surface area contributed by atoms with Gasteiger partial charge in [-0.1, -0.05) is 30.3 Å². The molecule has 1 aliphatic heterocycles. The number of hydrogen-bond acceptors (Lipinski definition) is 4. The third-order valence-electron chi connectivity index (χ3n) is 5.58. The lowest BCUT2D eigenvalue weighted by Gasteiger charge is -2.35. The van der Waals surface area contributed by atoms with Gasteiger partial charge in [0.25, 0.3) is 0 Å². The van der Waals surface area contributed by atoms with Crippen LogP contribution in [0.25, 0.3) is 17.4 Å². The van der Waals surface area contributed by atoms with Crippen LogP contribution in [0.5, 0.6) is 0 Å². The molecule has 0 unspecified atom stereocenters. The molecule has 4 rings (SSSR count). The zero-order valence-corrected chi connectivity index (χ0v) is 18.9. The maximum absolute atomic E-state index is 12.2. The Kier molecular flexibility index (Phi) is 7.02. The Bertz CT molecular complexity index is 1090. The first-order valence-corrected chi connectivity index (χ1v) is 11.3. The van der Waals surface area contributed by atoms with E-state index in [1.54, 1.807) is 6.08 Å². The van der Waals surface area contributed by atoms with Crippen molar-refractivity contribution in [2.24, 2.45) is 0 Å². The van der Waals surface area contributed by atoms with E-state index >= 15 is 0 Å². The third-order valence-corrected chi connectivity index (χ3v) is 5.78. The molecule has 0 aliphatic carbocycles. The average Bonchev–Trinajstić information content (AvgIpc) is 3.28. The fourth-order valence-corrected chi connectivity index (χ4v) is 4.11. The summed E-state index contributed by atoms with van der Waals surface area (Å²) in [5, 5.41) is 5.98. The molecule has 3 aromatic rings. The van der Waals surface area contributed by atoms with Gasteiger partial charge in [0, 0.05) is 35.6 Å². The predicted octanol–water partition coefficient (Wildman–Crippen LogP) is 5.85. The van der Waals surface area contributed by atoms with Crippen LogP contribution in [0.3, 0.4) is 0 Å². The predicted molar refractivity (Wildman–Crippen MR) is 135 cm³/mol. The standard InChI is InChI=1S/C26H27N3O2S/c1-19-7-5-6-18-29(19)22-12-10-21(11-13-22)27-26(32)28-25(30)17-15-23-14-16-24(31-23)20-8-3-2-4-9-20/h2-4,8-17,19H,5-7,18H2,1H3,(H2,27,28,30,32)/b17-15+/t19-/m1/s1. The van der Waals surface area contributed by atoms with Crippen LogP contribution < -0.4 is 15.5 Å². The summed E-state index contributed by atoms with van der Waals surface area (Å²) < 4.78 is 5.77. The summed E-state index contributed by atoms with van der Waals surface area (Å²) in [7, 11) is 0. The zero-order chi connectivity index (χ0) is 22.3. The van der Waals surface area contributed by atoms with Crippen LogP contribution in [0.2, 0.25) is 0 Å². The molecule has 6 heteroatoms. The molecule has 164 valence electrons. The summed E-state index contributed by atoms with van der Waals surface area (Å²) in [6, 6.07) is 22.2. The highest BCUT2D eigenvalue weighted by Gasteiger charge is 2.18. The second-order valence-electron chi connectivity index (χ2n) is 7.93. The van der Waals surface area contributed by atoms with Crippen molar-refractivity contribution in [2.75, 3.05) is 16.8 Å². The molecule has 2 heterocycles. The molecule has 1 amide bonds. The van der Waals surface area contributed by atoms with Crippen molar-refractivity contribution < 1.29 is 9.21 Å². The summed E-state index contributed by atoms with van der Waals surface area (Å²) in [5.74, 6) is 1.03. The quantitative estimate of drug-likeness (QED) is 0.381. The number of anilines is 2. The number of thiocarbonyl (C=S) groups is 1. The van der Waals surface area contributed by atoms with Crippen molar-refractivity contribution in [2.45, 2.75) is 32.2 Å². The lowest BCUT2D eigenvalue weighted by atomic mass is 10.0. The molecule has 1 atom stereocenters. The number of furan rings is 1. The van der Waals surface area contributed by atoms with E-state index in [0.29, 0.717) is 11.8 Å². The van der Waals surface area contributed by atoms with Crippen molar-refractivity contribution in [1.82, 2.24) is 5.32 Å². The summed E-state index contributed by atoms with van der Waals surface area (Å²) >= 11 is 5.28. The lowest BCUT2D eigenvalue weighted by molar-refractivity contribution is -0.115. The topological polar surface area (TPSA) is 57.5 Å². The summed E-state index contributed by atoms with van der Waals surface area (Å²) in [5.41, 5.74) is 3.04. The van der Waals surface area contributed by atoms with Gasteiger partial charge in [-0.3, -0.25) is 10.1 Å². The molecule has 0 bridgehead atoms. The highest BCUT2D eigenvalue weighted by Crippen LogP contribution is 2.26. The van der Waals surface area contributed by atoms with E-state index in [1.807, 2.05) is 54.6 Å². The number of nitrogens with zero attached hydrogens (tertiary/aromatic N) is 1. The van der Waals surface area contributed by atoms with Crippen molar-refractivity contribution in [3.63, 3.8) is 0 Å². The van der Waals surface area contributed by atoms with Crippen LogP contribution in [-0.4, -0.2) is 23.6 Å². The SMILES string of the molecule is C[C@@H]1CCCCN1c1ccc(NC(=S)NC(=O)/C=C/c2ccc(-c3ccccc3)o2)cc1. The zero-order valence-electron chi connectivity index (χ0n) is 18.1. The highest BCUT2D eigenvalue weighted by molar-refractivity contribution is 7.80. The minimum atomic E-state index is -0.320. The van der Waals surface area contributed by atoms with Crippen molar-refractivity contribution >= 4 is 40.7 Å². The maximum Gasteiger partial charge on any atom is 0.250 e. The molecule has 1 saturated heterocycles. The van der Waals surface area contributed by atoms with E-state index in [2.05, 4.69) is 34.6 Å². The molecule has 0 spiro atoms. The molecule has 0 saturated carbocycles. The highest BCUT2D eigenvalue weighted by atomic mass is 32.1. The molecule has 0 radical (unpaired) electrons. The second-order valence-corrected chi connectivity index (χ2v) is 8.34. The van der Waals surface area contributed by atoms with Crippen molar-refractivity contribution in [3.8, 4) is 11.3 Å². The lowest BCUT2D eigenvalue weighted by Crippen LogP contribution is -2.37. The maximum atomic E-state index is 12.2. The van der Waals surface area contributed by atoms with Gasteiger partial charge >= 0.3 is 0 Å². The van der Waals surface area contributed by atoms with E-state index < -0.39 is 0 Å². The van der Waals surface area contributed by atoms with E-state index in [1.165, 1.54) is 31.0 Å². The summed E-state index contributed by atoms with van der Waals surface area (Å²) in [6.45, 7) is 3.37. The molecule has 1 aliphatic rings. The van der Waals surface area contributed by atoms with Gasteiger partial charge < -0.3 is 14.6 Å². The number of benzene rings is 2. The van der Waals surface area contributed by atoms with E-state index in [0.717, 1.165) is 23.6 Å². The Hall–Kier alpha value is -3.38. The second kappa shape index (κ2) is 10.3. The molecule has 32 heavy (non-hydrogen) atoms. The van der Waals surface area contributed by atoms with Gasteiger partial charge in [-0.05, 0) is 80.9 Å². The third kappa shape index (κ3) is 5.65. The van der Waals surface area contributed by atoms with Gasteiger partial charge in [-0.25, -0.2) is 0 Å². The molecule has 1 aromatic heterocycles. The molecule has 2 N–H and O–H groups in total. The number of nitrogens with one attached hydrogen (secondary N) is 2. The van der Waals surface area contributed by atoms with Gasteiger partial charge in [0.15, 0.2) is 5.11 Å². The summed E-state index contributed by atoms with van der Waals surface area (Å²) in [4.78, 5) is 14.7. The first-order chi connectivity index (χ1) is 15.6. The first kappa shape index (κ1) is 21.8. The molecule has 5 nitrogen and oxygen atoms in total. The van der Waals surface area contributed by atoms with Crippen LogP contribution in [0, 0.1) is 0 Å². The number of carbonyl (C=O) groups is 1. The fraction of sp³-hybridized carbons (Fsp3) is 0.231. The van der Waals surface area contributed by atoms with Crippen molar-refractivity contribution in [3.05, 3.63) is 78.6 Å². The molecular formula is C26H27N3O2S.